The van der Waals surface area contributed by atoms with E-state index in [2.05, 4.69) is 62.7 Å². The molecule has 1 N–H and O–H groups in total. The molecular formula is C52H62O13S2. The molecule has 67 heavy (non-hydrogen) atoms. The van der Waals surface area contributed by atoms with E-state index >= 15 is 0 Å². The summed E-state index contributed by atoms with van der Waals surface area (Å²) in [5, 5.41) is 9.94. The lowest BCUT2D eigenvalue weighted by atomic mass is 9.66. The molecule has 0 heterocycles. The average Bonchev–Trinajstić information content (AvgIpc) is 3.31. The van der Waals surface area contributed by atoms with E-state index in [1.54, 1.807) is 65.1 Å². The van der Waals surface area contributed by atoms with Gasteiger partial charge in [-0.25, -0.2) is 0 Å². The summed E-state index contributed by atoms with van der Waals surface area (Å²) in [6.45, 7) is 9.98. The maximum absolute atomic E-state index is 13.3. The summed E-state index contributed by atoms with van der Waals surface area (Å²) >= 11 is 3.42. The van der Waals surface area contributed by atoms with Crippen LogP contribution in [0.2, 0.25) is 0 Å². The van der Waals surface area contributed by atoms with Crippen LogP contribution in [0.5, 0.6) is 0 Å². The molecule has 13 nitrogen and oxygen atoms in total. The smallest absolute Gasteiger partial charge is 0.335 e. The molecule has 4 aromatic carbocycles. The number of esters is 6. The van der Waals surface area contributed by atoms with Gasteiger partial charge < -0.3 is 33.5 Å². The van der Waals surface area contributed by atoms with Crippen molar-refractivity contribution in [1.82, 2.24) is 0 Å². The first-order valence-electron chi connectivity index (χ1n) is 22.8. The summed E-state index contributed by atoms with van der Waals surface area (Å²) in [5.41, 5.74) is 2.04. The second-order valence-electron chi connectivity index (χ2n) is 15.1. The molecular weight excluding hydrogens is 897 g/mol. The van der Waals surface area contributed by atoms with Crippen LogP contribution in [0, 0.1) is 11.3 Å². The van der Waals surface area contributed by atoms with E-state index in [0.29, 0.717) is 6.42 Å². The van der Waals surface area contributed by atoms with Crippen LogP contribution < -0.4 is 0 Å². The van der Waals surface area contributed by atoms with Gasteiger partial charge in [0.15, 0.2) is 0 Å². The van der Waals surface area contributed by atoms with Crippen molar-refractivity contribution in [2.45, 2.75) is 112 Å². The SMILES string of the molecule is CCOC(=O)C(C(=O)OCC)(C(=O)OCC)[C@H]1CCCc2cc(Sc3ccccc3)ccc21.CCOC(=O)C(C(=O)OCC)C(=O)OCC.O[C@@H]1CCCc2cc(Sc3ccccc3)ccc21. The van der Waals surface area contributed by atoms with Crippen LogP contribution in [0.15, 0.2) is 117 Å². The Balaban J connectivity index is 0.000000242. The highest BCUT2D eigenvalue weighted by atomic mass is 32.2. The third-order valence-electron chi connectivity index (χ3n) is 10.7. The van der Waals surface area contributed by atoms with Gasteiger partial charge in [0.2, 0.25) is 0 Å². The van der Waals surface area contributed by atoms with Crippen LogP contribution in [0.1, 0.15) is 102 Å². The van der Waals surface area contributed by atoms with Crippen molar-refractivity contribution < 1.29 is 62.3 Å². The number of aliphatic hydroxyl groups is 1. The van der Waals surface area contributed by atoms with Crippen LogP contribution in [0.4, 0.5) is 0 Å². The molecule has 6 rings (SSSR count). The topological polar surface area (TPSA) is 178 Å². The molecule has 0 radical (unpaired) electrons. The lowest BCUT2D eigenvalue weighted by Gasteiger charge is -2.37. The predicted molar refractivity (Wildman–Crippen MR) is 253 cm³/mol. The fraction of sp³-hybridized carbons (Fsp3) is 0.423. The zero-order valence-corrected chi connectivity index (χ0v) is 40.8. The van der Waals surface area contributed by atoms with E-state index in [0.717, 1.165) is 58.6 Å². The Labute approximate surface area is 402 Å². The van der Waals surface area contributed by atoms with Gasteiger partial charge in [0.05, 0.1) is 45.7 Å². The lowest BCUT2D eigenvalue weighted by Crippen LogP contribution is -2.54. The molecule has 15 heteroatoms. The average molecular weight is 959 g/mol. The highest BCUT2D eigenvalue weighted by Crippen LogP contribution is 2.48. The largest absolute Gasteiger partial charge is 0.465 e. The molecule has 2 aliphatic rings. The molecule has 0 bridgehead atoms. The number of carbonyl (C=O) groups is 6. The number of ether oxygens (including phenoxy) is 6. The zero-order chi connectivity index (χ0) is 48.8. The van der Waals surface area contributed by atoms with Gasteiger partial charge in [-0.1, -0.05) is 72.1 Å². The van der Waals surface area contributed by atoms with E-state index < -0.39 is 53.1 Å². The Kier molecular flexibility index (Phi) is 22.4. The van der Waals surface area contributed by atoms with Gasteiger partial charge in [-0.05, 0) is 151 Å². The fourth-order valence-electron chi connectivity index (χ4n) is 7.76. The molecule has 4 aromatic rings. The summed E-state index contributed by atoms with van der Waals surface area (Å²) in [7, 11) is 0. The van der Waals surface area contributed by atoms with Crippen molar-refractivity contribution in [3.8, 4) is 0 Å². The predicted octanol–water partition coefficient (Wildman–Crippen LogP) is 9.43. The molecule has 2 atom stereocenters. The van der Waals surface area contributed by atoms with Crippen LogP contribution in [0.25, 0.3) is 0 Å². The minimum Gasteiger partial charge on any atom is -0.465 e. The van der Waals surface area contributed by atoms with Crippen LogP contribution in [-0.4, -0.2) is 80.6 Å². The highest BCUT2D eigenvalue weighted by Gasteiger charge is 2.63. The number of aliphatic hydroxyl groups excluding tert-OH is 1. The molecule has 0 unspecified atom stereocenters. The molecule has 0 amide bonds. The van der Waals surface area contributed by atoms with E-state index in [1.165, 1.54) is 15.4 Å². The molecule has 0 fully saturated rings. The fourth-order valence-corrected chi connectivity index (χ4v) is 9.56. The Bertz CT molecular complexity index is 2160. The molecule has 2 aliphatic carbocycles. The van der Waals surface area contributed by atoms with Gasteiger partial charge in [0.25, 0.3) is 11.3 Å². The Morgan fingerprint density at radius 2 is 0.881 bits per heavy atom. The summed E-state index contributed by atoms with van der Waals surface area (Å²) in [5.74, 6) is -7.94. The second-order valence-corrected chi connectivity index (χ2v) is 17.4. The number of rotatable bonds is 17. The van der Waals surface area contributed by atoms with E-state index in [9.17, 15) is 33.9 Å². The molecule has 0 spiro atoms. The van der Waals surface area contributed by atoms with Gasteiger partial charge in [-0.2, -0.15) is 0 Å². The number of aryl methyl sites for hydroxylation is 2. The summed E-state index contributed by atoms with van der Waals surface area (Å²) in [6.07, 6.45) is 4.80. The molecule has 0 aromatic heterocycles. The quantitative estimate of drug-likeness (QED) is 0.0601. The summed E-state index contributed by atoms with van der Waals surface area (Å²) in [6, 6.07) is 32.8. The number of carbonyl (C=O) groups excluding carboxylic acids is 6. The third kappa shape index (κ3) is 14.7. The summed E-state index contributed by atoms with van der Waals surface area (Å²) in [4.78, 5) is 78.6. The van der Waals surface area contributed by atoms with Gasteiger partial charge in [0.1, 0.15) is 0 Å². The maximum Gasteiger partial charge on any atom is 0.335 e. The van der Waals surface area contributed by atoms with Gasteiger partial charge in [0, 0.05) is 25.5 Å². The Morgan fingerprint density at radius 1 is 0.507 bits per heavy atom. The van der Waals surface area contributed by atoms with Crippen molar-refractivity contribution in [3.05, 3.63) is 119 Å². The first-order valence-corrected chi connectivity index (χ1v) is 24.4. The molecule has 360 valence electrons. The monoisotopic (exact) mass is 958 g/mol. The third-order valence-corrected chi connectivity index (χ3v) is 12.7. The molecule has 0 saturated heterocycles. The Hall–Kier alpha value is -5.64. The zero-order valence-electron chi connectivity index (χ0n) is 39.1. The number of hydrogen-bond acceptors (Lipinski definition) is 15. The normalized spacial score (nSPS) is 14.8. The van der Waals surface area contributed by atoms with Crippen molar-refractivity contribution in [1.29, 1.82) is 0 Å². The van der Waals surface area contributed by atoms with Crippen LogP contribution in [-0.2, 0) is 70.0 Å². The van der Waals surface area contributed by atoms with Gasteiger partial charge >= 0.3 is 35.8 Å². The minimum atomic E-state index is -2.19. The molecule has 0 saturated carbocycles. The van der Waals surface area contributed by atoms with Crippen LogP contribution in [0.3, 0.4) is 0 Å². The van der Waals surface area contributed by atoms with Crippen molar-refractivity contribution in [3.63, 3.8) is 0 Å². The lowest BCUT2D eigenvalue weighted by molar-refractivity contribution is -0.187. The van der Waals surface area contributed by atoms with Gasteiger partial charge in [-0.3, -0.25) is 28.8 Å². The van der Waals surface area contributed by atoms with Crippen molar-refractivity contribution >= 4 is 59.3 Å². The second kappa shape index (κ2) is 27.9. The first kappa shape index (κ1) is 54.0. The highest BCUT2D eigenvalue weighted by molar-refractivity contribution is 7.99. The maximum atomic E-state index is 13.3. The number of benzene rings is 4. The van der Waals surface area contributed by atoms with Gasteiger partial charge in [-0.15, -0.1) is 0 Å². The van der Waals surface area contributed by atoms with E-state index in [4.69, 9.17) is 14.2 Å². The van der Waals surface area contributed by atoms with E-state index in [1.807, 2.05) is 48.5 Å². The summed E-state index contributed by atoms with van der Waals surface area (Å²) < 4.78 is 29.6. The number of fused-ring (bicyclic) bond motifs is 2. The van der Waals surface area contributed by atoms with Crippen molar-refractivity contribution in [2.75, 3.05) is 39.6 Å². The standard InChI is InChI=1S/C26H30O6S.C16H16OS.C10H16O6/c1-4-30-23(27)26(24(28)31-5-2,25(29)32-6-3)22-14-10-11-18-17-20(15-16-21(18)22)33-19-12-8-7-9-13-19;17-16-8-4-5-12-11-14(9-10-15(12)16)18-13-6-2-1-3-7-13;1-4-14-8(11)7(9(12)15-5-2)10(13)16-6-3/h7-9,12-13,15-17,22H,4-6,10-11,14H2,1-3H3;1-3,6-7,9-11,16-17H,4-5,8H2;7H,4-6H2,1-3H3/t22-;16-;/m01./s1. The molecule has 0 aliphatic heterocycles. The Morgan fingerprint density at radius 3 is 1.28 bits per heavy atom. The van der Waals surface area contributed by atoms with E-state index in [-0.39, 0.29) is 45.7 Å². The minimum absolute atomic E-state index is 0.0334. The van der Waals surface area contributed by atoms with Crippen molar-refractivity contribution in [2.24, 2.45) is 11.3 Å². The number of hydrogen-bond donors (Lipinski definition) is 1. The van der Waals surface area contributed by atoms with Crippen LogP contribution >= 0.6 is 23.5 Å². The first-order chi connectivity index (χ1) is 32.4.